The predicted octanol–water partition coefficient (Wildman–Crippen LogP) is 2.37. The van der Waals surface area contributed by atoms with Gasteiger partial charge in [0, 0.05) is 24.4 Å². The zero-order valence-electron chi connectivity index (χ0n) is 15.3. The van der Waals surface area contributed by atoms with Gasteiger partial charge in [0.15, 0.2) is 0 Å². The zero-order valence-corrected chi connectivity index (χ0v) is 16.1. The molecule has 0 amide bonds. The molecule has 1 saturated heterocycles. The van der Waals surface area contributed by atoms with Crippen LogP contribution in [0.15, 0.2) is 77.7 Å². The van der Waals surface area contributed by atoms with Gasteiger partial charge < -0.3 is 4.90 Å². The fraction of sp³-hybridized carbons (Fsp3) is 0.273. The maximum absolute atomic E-state index is 12.8. The Bertz CT molecular complexity index is 1010. The number of rotatable bonds is 5. The molecule has 1 fully saturated rings. The minimum Gasteiger partial charge on any atom is -0.331 e. The second-order valence-electron chi connectivity index (χ2n) is 7.32. The molecule has 3 aromatic rings. The first kappa shape index (κ1) is 18.2. The molecule has 140 valence electrons. The Morgan fingerprint density at radius 1 is 0.852 bits per heavy atom. The van der Waals surface area contributed by atoms with E-state index in [1.54, 1.807) is 12.1 Å². The first-order chi connectivity index (χ1) is 13.1. The molecule has 5 heteroatoms. The van der Waals surface area contributed by atoms with Crippen LogP contribution in [0.2, 0.25) is 0 Å². The summed E-state index contributed by atoms with van der Waals surface area (Å²) in [7, 11) is -3.49. The molecule has 0 atom stereocenters. The third kappa shape index (κ3) is 4.38. The monoisotopic (exact) mass is 381 g/mol. The molecule has 4 rings (SSSR count). The van der Waals surface area contributed by atoms with E-state index in [2.05, 4.69) is 29.0 Å². The lowest BCUT2D eigenvalue weighted by atomic mass is 10.1. The average molecular weight is 382 g/mol. The van der Waals surface area contributed by atoms with Crippen LogP contribution in [0.5, 0.6) is 0 Å². The second-order valence-corrected chi connectivity index (χ2v) is 9.03. The van der Waals surface area contributed by atoms with Crippen molar-refractivity contribution in [2.45, 2.75) is 30.3 Å². The smallest absolute Gasteiger partial charge is 0.240 e. The van der Waals surface area contributed by atoms with E-state index in [1.165, 1.54) is 10.5 Å². The molecule has 3 aromatic carbocycles. The number of hydrogen-bond donors (Lipinski definition) is 2. The number of quaternary nitrogens is 1. The van der Waals surface area contributed by atoms with Crippen LogP contribution in [0.3, 0.4) is 0 Å². The van der Waals surface area contributed by atoms with Crippen molar-refractivity contribution >= 4 is 20.8 Å². The third-order valence-electron chi connectivity index (χ3n) is 5.34. The van der Waals surface area contributed by atoms with Crippen LogP contribution in [0.25, 0.3) is 10.8 Å². The van der Waals surface area contributed by atoms with E-state index < -0.39 is 10.0 Å². The Hall–Kier alpha value is -2.21. The molecular weight excluding hydrogens is 356 g/mol. The minimum atomic E-state index is -3.49. The lowest BCUT2D eigenvalue weighted by Crippen LogP contribution is -3.12. The van der Waals surface area contributed by atoms with E-state index in [9.17, 15) is 8.42 Å². The van der Waals surface area contributed by atoms with Crippen molar-refractivity contribution in [1.82, 2.24) is 4.72 Å². The Morgan fingerprint density at radius 3 is 2.26 bits per heavy atom. The van der Waals surface area contributed by atoms with Gasteiger partial charge in [0.25, 0.3) is 0 Å². The van der Waals surface area contributed by atoms with Gasteiger partial charge in [-0.2, -0.15) is 0 Å². The van der Waals surface area contributed by atoms with Crippen LogP contribution in [-0.4, -0.2) is 27.5 Å². The van der Waals surface area contributed by atoms with Crippen molar-refractivity contribution in [1.29, 1.82) is 0 Å². The summed E-state index contributed by atoms with van der Waals surface area (Å²) in [6.07, 6.45) is 1.74. The molecule has 1 heterocycles. The van der Waals surface area contributed by atoms with Gasteiger partial charge in [0.05, 0.1) is 18.0 Å². The van der Waals surface area contributed by atoms with Crippen molar-refractivity contribution in [3.05, 3.63) is 78.4 Å². The van der Waals surface area contributed by atoms with Gasteiger partial charge in [-0.15, -0.1) is 0 Å². The summed E-state index contributed by atoms with van der Waals surface area (Å²) in [4.78, 5) is 1.86. The molecule has 27 heavy (non-hydrogen) atoms. The Morgan fingerprint density at radius 2 is 1.52 bits per heavy atom. The summed E-state index contributed by atoms with van der Waals surface area (Å²) in [5.74, 6) is 0. The molecule has 1 aliphatic heterocycles. The summed E-state index contributed by atoms with van der Waals surface area (Å²) >= 11 is 0. The van der Waals surface area contributed by atoms with Crippen molar-refractivity contribution in [3.63, 3.8) is 0 Å². The van der Waals surface area contributed by atoms with Crippen molar-refractivity contribution in [2.24, 2.45) is 0 Å². The number of hydrogen-bond acceptors (Lipinski definition) is 2. The van der Waals surface area contributed by atoms with Gasteiger partial charge in [-0.3, -0.25) is 0 Å². The first-order valence-electron chi connectivity index (χ1n) is 9.49. The molecule has 0 aliphatic carbocycles. The zero-order chi connectivity index (χ0) is 18.7. The summed E-state index contributed by atoms with van der Waals surface area (Å²) in [6.45, 7) is 2.98. The third-order valence-corrected chi connectivity index (χ3v) is 6.86. The molecule has 0 aromatic heterocycles. The quantitative estimate of drug-likeness (QED) is 0.713. The number of fused-ring (bicyclic) bond motifs is 1. The van der Waals surface area contributed by atoms with Crippen LogP contribution in [-0.2, 0) is 16.6 Å². The van der Waals surface area contributed by atoms with E-state index in [1.807, 2.05) is 36.4 Å². The summed E-state index contributed by atoms with van der Waals surface area (Å²) in [5.41, 5.74) is 1.34. The number of benzene rings is 3. The van der Waals surface area contributed by atoms with Gasteiger partial charge in [0.2, 0.25) is 10.0 Å². The Labute approximate surface area is 160 Å². The lowest BCUT2D eigenvalue weighted by Gasteiger charge is -2.29. The highest BCUT2D eigenvalue weighted by molar-refractivity contribution is 7.89. The molecule has 0 spiro atoms. The molecule has 1 aliphatic rings. The lowest BCUT2D eigenvalue weighted by molar-refractivity contribution is -0.918. The van der Waals surface area contributed by atoms with Crippen LogP contribution < -0.4 is 9.62 Å². The fourth-order valence-electron chi connectivity index (χ4n) is 3.83. The molecular formula is C22H25N2O2S+. The molecule has 0 bridgehead atoms. The Kier molecular flexibility index (Phi) is 5.25. The van der Waals surface area contributed by atoms with Crippen molar-refractivity contribution < 1.29 is 13.3 Å². The maximum Gasteiger partial charge on any atom is 0.240 e. The molecule has 0 saturated carbocycles. The van der Waals surface area contributed by atoms with E-state index in [-0.39, 0.29) is 6.04 Å². The number of likely N-dealkylation sites (tertiary alicyclic amines) is 1. The van der Waals surface area contributed by atoms with E-state index in [0.717, 1.165) is 43.2 Å². The normalized spacial score (nSPS) is 20.6. The molecule has 0 unspecified atom stereocenters. The summed E-state index contributed by atoms with van der Waals surface area (Å²) in [6, 6.07) is 23.6. The molecule has 2 N–H and O–H groups in total. The van der Waals surface area contributed by atoms with Gasteiger partial charge >= 0.3 is 0 Å². The fourth-order valence-corrected chi connectivity index (χ4v) is 5.17. The molecule has 4 nitrogen and oxygen atoms in total. The maximum atomic E-state index is 12.8. The van der Waals surface area contributed by atoms with Crippen LogP contribution in [0, 0.1) is 0 Å². The van der Waals surface area contributed by atoms with E-state index in [4.69, 9.17) is 0 Å². The van der Waals surface area contributed by atoms with Gasteiger partial charge in [0.1, 0.15) is 6.54 Å². The first-order valence-corrected chi connectivity index (χ1v) is 11.0. The SMILES string of the molecule is O=S(=O)(NC1CC[NH+](Cc2ccccc2)CC1)c1ccc2ccccc2c1. The van der Waals surface area contributed by atoms with Gasteiger partial charge in [-0.05, 0) is 22.9 Å². The highest BCUT2D eigenvalue weighted by Gasteiger charge is 2.26. The Balaban J connectivity index is 1.38. The van der Waals surface area contributed by atoms with Crippen molar-refractivity contribution in [2.75, 3.05) is 13.1 Å². The predicted molar refractivity (Wildman–Crippen MR) is 108 cm³/mol. The number of sulfonamides is 1. The highest BCUT2D eigenvalue weighted by Crippen LogP contribution is 2.19. The van der Waals surface area contributed by atoms with E-state index in [0.29, 0.717) is 4.90 Å². The standard InChI is InChI=1S/C22H24N2O2S/c25-27(26,22-11-10-19-8-4-5-9-20(19)16-22)23-21-12-14-24(15-13-21)17-18-6-2-1-3-7-18/h1-11,16,21,23H,12-15,17H2/p+1. The summed E-state index contributed by atoms with van der Waals surface area (Å²) < 4.78 is 28.5. The van der Waals surface area contributed by atoms with Crippen LogP contribution in [0.4, 0.5) is 0 Å². The number of piperidine rings is 1. The van der Waals surface area contributed by atoms with E-state index >= 15 is 0 Å². The number of nitrogens with one attached hydrogen (secondary N) is 2. The second kappa shape index (κ2) is 7.80. The van der Waals surface area contributed by atoms with Crippen LogP contribution in [0.1, 0.15) is 18.4 Å². The largest absolute Gasteiger partial charge is 0.331 e. The average Bonchev–Trinajstić information content (AvgIpc) is 2.70. The minimum absolute atomic E-state index is 0.0148. The van der Waals surface area contributed by atoms with Gasteiger partial charge in [-0.1, -0.05) is 60.7 Å². The summed E-state index contributed by atoms with van der Waals surface area (Å²) in [5, 5.41) is 2.00. The highest BCUT2D eigenvalue weighted by atomic mass is 32.2. The van der Waals surface area contributed by atoms with Crippen LogP contribution >= 0.6 is 0 Å². The molecule has 0 radical (unpaired) electrons. The topological polar surface area (TPSA) is 50.6 Å². The van der Waals surface area contributed by atoms with Crippen molar-refractivity contribution in [3.8, 4) is 0 Å². The van der Waals surface area contributed by atoms with Gasteiger partial charge in [-0.25, -0.2) is 13.1 Å².